The largest absolute Gasteiger partial charge is 0.342 e. The molecule has 2 rings (SSSR count). The fourth-order valence-corrected chi connectivity index (χ4v) is 2.11. The van der Waals surface area contributed by atoms with Crippen LogP contribution in [0.1, 0.15) is 37.9 Å². The first-order chi connectivity index (χ1) is 8.27. The number of nitrogens with one attached hydrogen (secondary N) is 2. The molecule has 17 heavy (non-hydrogen) atoms. The Bertz CT molecular complexity index is 343. The number of carbonyl (C=O) groups is 1. The Morgan fingerprint density at radius 3 is 2.94 bits per heavy atom. The summed E-state index contributed by atoms with van der Waals surface area (Å²) in [5, 5.41) is 10.0. The maximum Gasteiger partial charge on any atom is 0.236 e. The van der Waals surface area contributed by atoms with E-state index in [0.717, 1.165) is 31.6 Å². The number of carbonyl (C=O) groups excluding carboxylic acids is 1. The molecule has 5 heteroatoms. The predicted molar refractivity (Wildman–Crippen MR) is 65.4 cm³/mol. The number of piperidine rings is 1. The van der Waals surface area contributed by atoms with E-state index in [4.69, 9.17) is 0 Å². The van der Waals surface area contributed by atoms with Gasteiger partial charge in [-0.3, -0.25) is 9.89 Å². The van der Waals surface area contributed by atoms with Gasteiger partial charge in [-0.25, -0.2) is 0 Å². The van der Waals surface area contributed by atoms with Crippen molar-refractivity contribution in [3.05, 3.63) is 18.0 Å². The minimum absolute atomic E-state index is 0.131. The SMILES string of the molecule is CC(NCC(=O)N1CCCCC1)c1ccn[nH]1. The van der Waals surface area contributed by atoms with Crippen LogP contribution in [-0.2, 0) is 4.79 Å². The molecule has 1 aromatic rings. The molecule has 1 aliphatic rings. The van der Waals surface area contributed by atoms with Crippen molar-refractivity contribution in [2.24, 2.45) is 0 Å². The third-order valence-electron chi connectivity index (χ3n) is 3.26. The molecule has 1 aromatic heterocycles. The molecule has 1 fully saturated rings. The molecule has 5 nitrogen and oxygen atoms in total. The smallest absolute Gasteiger partial charge is 0.236 e. The van der Waals surface area contributed by atoms with Gasteiger partial charge in [0.15, 0.2) is 0 Å². The zero-order valence-electron chi connectivity index (χ0n) is 10.3. The van der Waals surface area contributed by atoms with Gasteiger partial charge >= 0.3 is 0 Å². The van der Waals surface area contributed by atoms with Crippen molar-refractivity contribution in [1.82, 2.24) is 20.4 Å². The van der Waals surface area contributed by atoms with E-state index in [9.17, 15) is 4.79 Å². The van der Waals surface area contributed by atoms with Gasteiger partial charge in [0.1, 0.15) is 0 Å². The molecule has 0 radical (unpaired) electrons. The number of likely N-dealkylation sites (tertiary alicyclic amines) is 1. The Labute approximate surface area is 102 Å². The van der Waals surface area contributed by atoms with Crippen molar-refractivity contribution >= 4 is 5.91 Å². The third kappa shape index (κ3) is 3.30. The quantitative estimate of drug-likeness (QED) is 0.822. The minimum Gasteiger partial charge on any atom is -0.342 e. The Morgan fingerprint density at radius 2 is 2.29 bits per heavy atom. The predicted octanol–water partition coefficient (Wildman–Crippen LogP) is 1.07. The fraction of sp³-hybridized carbons (Fsp3) is 0.667. The summed E-state index contributed by atoms with van der Waals surface area (Å²) < 4.78 is 0. The van der Waals surface area contributed by atoms with Gasteiger partial charge in [0.05, 0.1) is 12.2 Å². The lowest BCUT2D eigenvalue weighted by Crippen LogP contribution is -2.41. The molecule has 0 bridgehead atoms. The van der Waals surface area contributed by atoms with Crippen LogP contribution in [0.3, 0.4) is 0 Å². The summed E-state index contributed by atoms with van der Waals surface area (Å²) in [6, 6.07) is 2.05. The summed E-state index contributed by atoms with van der Waals surface area (Å²) in [7, 11) is 0. The Morgan fingerprint density at radius 1 is 1.53 bits per heavy atom. The molecule has 1 saturated heterocycles. The topological polar surface area (TPSA) is 61.0 Å². The van der Waals surface area contributed by atoms with E-state index in [1.54, 1.807) is 6.20 Å². The van der Waals surface area contributed by atoms with Crippen molar-refractivity contribution < 1.29 is 4.79 Å². The van der Waals surface area contributed by atoms with Crippen LogP contribution in [0, 0.1) is 0 Å². The molecule has 0 aliphatic carbocycles. The Balaban J connectivity index is 1.75. The normalized spacial score (nSPS) is 18.1. The zero-order valence-corrected chi connectivity index (χ0v) is 10.3. The minimum atomic E-state index is 0.131. The third-order valence-corrected chi connectivity index (χ3v) is 3.26. The van der Waals surface area contributed by atoms with Crippen LogP contribution in [0.15, 0.2) is 12.3 Å². The fourth-order valence-electron chi connectivity index (χ4n) is 2.11. The van der Waals surface area contributed by atoms with E-state index in [1.807, 2.05) is 17.9 Å². The van der Waals surface area contributed by atoms with Crippen molar-refractivity contribution in [2.45, 2.75) is 32.2 Å². The molecule has 94 valence electrons. The number of hydrogen-bond acceptors (Lipinski definition) is 3. The molecule has 2 heterocycles. The van der Waals surface area contributed by atoms with Gasteiger partial charge < -0.3 is 10.2 Å². The lowest BCUT2D eigenvalue weighted by Gasteiger charge is -2.27. The van der Waals surface area contributed by atoms with Gasteiger partial charge in [-0.05, 0) is 32.3 Å². The maximum atomic E-state index is 11.9. The summed E-state index contributed by atoms with van der Waals surface area (Å²) in [5.41, 5.74) is 1.01. The molecule has 1 amide bonds. The van der Waals surface area contributed by atoms with E-state index in [1.165, 1.54) is 6.42 Å². The van der Waals surface area contributed by atoms with Gasteiger partial charge in [-0.1, -0.05) is 0 Å². The van der Waals surface area contributed by atoms with Crippen molar-refractivity contribution in [2.75, 3.05) is 19.6 Å². The standard InChI is InChI=1S/C12H20N4O/c1-10(11-5-6-14-15-11)13-9-12(17)16-7-3-2-4-8-16/h5-6,10,13H,2-4,7-9H2,1H3,(H,14,15). The summed E-state index contributed by atoms with van der Waals surface area (Å²) in [4.78, 5) is 13.9. The van der Waals surface area contributed by atoms with Gasteiger partial charge in [-0.2, -0.15) is 5.10 Å². The molecule has 2 N–H and O–H groups in total. The van der Waals surface area contributed by atoms with Crippen molar-refractivity contribution in [3.8, 4) is 0 Å². The molecule has 1 unspecified atom stereocenters. The Hall–Kier alpha value is -1.36. The second-order valence-electron chi connectivity index (χ2n) is 4.56. The van der Waals surface area contributed by atoms with Crippen molar-refractivity contribution in [3.63, 3.8) is 0 Å². The first kappa shape index (κ1) is 12.1. The number of rotatable bonds is 4. The zero-order chi connectivity index (χ0) is 12.1. The maximum absolute atomic E-state index is 11.9. The van der Waals surface area contributed by atoms with Crippen LogP contribution in [0.5, 0.6) is 0 Å². The average molecular weight is 236 g/mol. The summed E-state index contributed by atoms with van der Waals surface area (Å²) in [6.45, 7) is 4.26. The van der Waals surface area contributed by atoms with E-state index in [-0.39, 0.29) is 11.9 Å². The van der Waals surface area contributed by atoms with Crippen molar-refractivity contribution in [1.29, 1.82) is 0 Å². The molecular formula is C12H20N4O. The number of aromatic nitrogens is 2. The van der Waals surface area contributed by atoms with Gasteiger partial charge in [0, 0.05) is 25.3 Å². The first-order valence-corrected chi connectivity index (χ1v) is 6.28. The molecule has 0 aromatic carbocycles. The first-order valence-electron chi connectivity index (χ1n) is 6.28. The molecular weight excluding hydrogens is 216 g/mol. The average Bonchev–Trinajstić information content (AvgIpc) is 2.90. The second-order valence-corrected chi connectivity index (χ2v) is 4.56. The molecule has 1 atom stereocenters. The second kappa shape index (κ2) is 5.82. The molecule has 0 spiro atoms. The van der Waals surface area contributed by atoms with Crippen LogP contribution in [-0.4, -0.2) is 40.6 Å². The highest BCUT2D eigenvalue weighted by atomic mass is 16.2. The summed E-state index contributed by atoms with van der Waals surface area (Å²) in [5.74, 6) is 0.205. The van der Waals surface area contributed by atoms with E-state index in [0.29, 0.717) is 6.54 Å². The van der Waals surface area contributed by atoms with E-state index >= 15 is 0 Å². The van der Waals surface area contributed by atoms with Crippen LogP contribution >= 0.6 is 0 Å². The van der Waals surface area contributed by atoms with Gasteiger partial charge in [0.25, 0.3) is 0 Å². The lowest BCUT2D eigenvalue weighted by molar-refractivity contribution is -0.131. The van der Waals surface area contributed by atoms with E-state index < -0.39 is 0 Å². The Kier molecular flexibility index (Phi) is 4.14. The van der Waals surface area contributed by atoms with E-state index in [2.05, 4.69) is 15.5 Å². The highest BCUT2D eigenvalue weighted by Crippen LogP contribution is 2.10. The summed E-state index contributed by atoms with van der Waals surface area (Å²) in [6.07, 6.45) is 5.26. The van der Waals surface area contributed by atoms with Crippen LogP contribution in [0.4, 0.5) is 0 Å². The number of aromatic amines is 1. The summed E-state index contributed by atoms with van der Waals surface area (Å²) >= 11 is 0. The highest BCUT2D eigenvalue weighted by Gasteiger charge is 2.17. The highest BCUT2D eigenvalue weighted by molar-refractivity contribution is 5.78. The number of H-pyrrole nitrogens is 1. The molecule has 0 saturated carbocycles. The molecule has 1 aliphatic heterocycles. The number of hydrogen-bond donors (Lipinski definition) is 2. The number of amides is 1. The lowest BCUT2D eigenvalue weighted by atomic mass is 10.1. The van der Waals surface area contributed by atoms with Crippen LogP contribution < -0.4 is 5.32 Å². The van der Waals surface area contributed by atoms with Crippen LogP contribution in [0.25, 0.3) is 0 Å². The number of nitrogens with zero attached hydrogens (tertiary/aromatic N) is 2. The van der Waals surface area contributed by atoms with Crippen LogP contribution in [0.2, 0.25) is 0 Å². The van der Waals surface area contributed by atoms with Gasteiger partial charge in [-0.15, -0.1) is 0 Å². The van der Waals surface area contributed by atoms with Gasteiger partial charge in [0.2, 0.25) is 5.91 Å². The monoisotopic (exact) mass is 236 g/mol.